The Morgan fingerprint density at radius 2 is 1.89 bits per heavy atom. The van der Waals surface area contributed by atoms with Crippen LogP contribution in [0.2, 0.25) is 0 Å². The van der Waals surface area contributed by atoms with E-state index in [4.69, 9.17) is 10.7 Å². The summed E-state index contributed by atoms with van der Waals surface area (Å²) < 4.78 is 2.00. The van der Waals surface area contributed by atoms with Gasteiger partial charge in [0, 0.05) is 35.3 Å². The predicted molar refractivity (Wildman–Crippen MR) is 147 cm³/mol. The van der Waals surface area contributed by atoms with Crippen LogP contribution in [0, 0.1) is 0 Å². The Balaban J connectivity index is 1.44. The normalized spacial score (nSPS) is 13.1. The number of benzene rings is 3. The predicted octanol–water partition coefficient (Wildman–Crippen LogP) is 4.78. The van der Waals surface area contributed by atoms with Crippen LogP contribution in [0.15, 0.2) is 79.1 Å². The molecule has 1 aliphatic rings. The van der Waals surface area contributed by atoms with E-state index in [0.717, 1.165) is 46.3 Å². The van der Waals surface area contributed by atoms with Gasteiger partial charge in [-0.1, -0.05) is 36.4 Å². The monoisotopic (exact) mass is 504 g/mol. The molecule has 2 heterocycles. The van der Waals surface area contributed by atoms with Gasteiger partial charge in [-0.05, 0) is 67.1 Å². The number of para-hydroxylation sites is 1. The van der Waals surface area contributed by atoms with Crippen LogP contribution in [0.1, 0.15) is 41.7 Å². The molecule has 6 rings (SSSR count). The number of nitrogens with one attached hydrogen (secondary N) is 2. The van der Waals surface area contributed by atoms with E-state index in [-0.39, 0.29) is 5.91 Å². The molecule has 4 N–H and O–H groups in total. The highest BCUT2D eigenvalue weighted by Crippen LogP contribution is 2.37. The molecule has 3 aromatic carbocycles. The fourth-order valence-electron chi connectivity index (χ4n) is 4.82. The smallest absolute Gasteiger partial charge is 0.249 e. The molecule has 2 amide bonds. The van der Waals surface area contributed by atoms with Crippen molar-refractivity contribution in [1.82, 2.24) is 25.1 Å². The number of hydrogen-bond acceptors (Lipinski definition) is 4. The second-order valence-corrected chi connectivity index (χ2v) is 9.72. The highest BCUT2D eigenvalue weighted by atomic mass is 16.2. The van der Waals surface area contributed by atoms with Gasteiger partial charge in [0.1, 0.15) is 5.82 Å². The highest BCUT2D eigenvalue weighted by Gasteiger charge is 2.24. The van der Waals surface area contributed by atoms with E-state index in [9.17, 15) is 9.59 Å². The summed E-state index contributed by atoms with van der Waals surface area (Å²) in [5.74, 6) is 0.198. The van der Waals surface area contributed by atoms with Crippen molar-refractivity contribution in [3.05, 3.63) is 90.4 Å². The Morgan fingerprint density at radius 1 is 1.05 bits per heavy atom. The molecule has 5 aromatic rings. The average Bonchev–Trinajstić information content (AvgIpc) is 3.44. The van der Waals surface area contributed by atoms with E-state index in [2.05, 4.69) is 15.5 Å². The number of hydrogen-bond donors (Lipinski definition) is 3. The molecule has 0 atom stereocenters. The summed E-state index contributed by atoms with van der Waals surface area (Å²) in [4.78, 5) is 29.9. The molecular weight excluding hydrogens is 476 g/mol. The lowest BCUT2D eigenvalue weighted by atomic mass is 9.93. The van der Waals surface area contributed by atoms with Gasteiger partial charge in [-0.15, -0.1) is 0 Å². The number of imidazole rings is 1. The molecule has 2 aromatic heterocycles. The number of aromatic amines is 1. The number of aromatic nitrogens is 4. The van der Waals surface area contributed by atoms with Gasteiger partial charge in [0.25, 0.3) is 0 Å². The van der Waals surface area contributed by atoms with Gasteiger partial charge in [-0.25, -0.2) is 4.98 Å². The number of fused-ring (bicyclic) bond motifs is 1. The lowest BCUT2D eigenvalue weighted by Gasteiger charge is -2.15. The van der Waals surface area contributed by atoms with Crippen molar-refractivity contribution in [2.45, 2.75) is 38.1 Å². The zero-order valence-electron chi connectivity index (χ0n) is 20.9. The third-order valence-corrected chi connectivity index (χ3v) is 6.87. The largest absolute Gasteiger partial charge is 0.366 e. The minimum absolute atomic E-state index is 0.0891. The maximum Gasteiger partial charge on any atom is 0.249 e. The van der Waals surface area contributed by atoms with Crippen molar-refractivity contribution < 1.29 is 9.59 Å². The van der Waals surface area contributed by atoms with Crippen LogP contribution in [0.3, 0.4) is 0 Å². The molecule has 1 fully saturated rings. The van der Waals surface area contributed by atoms with Crippen molar-refractivity contribution >= 4 is 22.7 Å². The van der Waals surface area contributed by atoms with Crippen LogP contribution in [0.4, 0.5) is 0 Å². The number of carbonyl (C=O) groups is 2. The molecule has 0 unspecified atom stereocenters. The lowest BCUT2D eigenvalue weighted by Crippen LogP contribution is -2.25. The number of nitrogens with zero attached hydrogens (tertiary/aromatic N) is 3. The number of rotatable bonds is 9. The SMILES string of the molecule is NC(=O)c1cccc(-c2ccc3[nH]ncc3c2)c1-c1nc(CCCC(=O)NC2CC2)cn1-c1ccccc1. The molecule has 8 heteroatoms. The molecule has 0 radical (unpaired) electrons. The Bertz CT molecular complexity index is 1630. The van der Waals surface area contributed by atoms with Crippen LogP contribution < -0.4 is 11.1 Å². The summed E-state index contributed by atoms with van der Waals surface area (Å²) in [7, 11) is 0. The zero-order valence-corrected chi connectivity index (χ0v) is 20.9. The molecule has 8 nitrogen and oxygen atoms in total. The maximum absolute atomic E-state index is 12.7. The van der Waals surface area contributed by atoms with Gasteiger partial charge in [0.15, 0.2) is 0 Å². The van der Waals surface area contributed by atoms with E-state index < -0.39 is 5.91 Å². The van der Waals surface area contributed by atoms with Crippen molar-refractivity contribution in [1.29, 1.82) is 0 Å². The molecule has 1 aliphatic carbocycles. The topological polar surface area (TPSA) is 119 Å². The lowest BCUT2D eigenvalue weighted by molar-refractivity contribution is -0.121. The first kappa shape index (κ1) is 23.7. The standard InChI is InChI=1S/C30H28N6O2/c31-29(38)25-10-5-9-24(19-12-15-26-20(16-19)17-32-35-26)28(25)30-34-22(6-4-11-27(37)33-21-13-14-21)18-36(30)23-7-2-1-3-8-23/h1-3,5,7-10,12,15-18,21H,4,6,11,13-14H2,(H2,31,38)(H,32,35)(H,33,37). The van der Waals surface area contributed by atoms with E-state index in [1.807, 2.05) is 71.4 Å². The minimum atomic E-state index is -0.521. The van der Waals surface area contributed by atoms with Gasteiger partial charge in [-0.2, -0.15) is 5.10 Å². The summed E-state index contributed by atoms with van der Waals surface area (Å²) >= 11 is 0. The van der Waals surface area contributed by atoms with Crippen LogP contribution in [-0.2, 0) is 11.2 Å². The Hall–Kier alpha value is -4.72. The molecule has 0 spiro atoms. The van der Waals surface area contributed by atoms with Gasteiger partial charge >= 0.3 is 0 Å². The molecular formula is C30H28N6O2. The van der Waals surface area contributed by atoms with Gasteiger partial charge < -0.3 is 11.1 Å². The van der Waals surface area contributed by atoms with E-state index >= 15 is 0 Å². The van der Waals surface area contributed by atoms with Crippen molar-refractivity contribution in [2.75, 3.05) is 0 Å². The van der Waals surface area contributed by atoms with E-state index in [1.54, 1.807) is 12.3 Å². The Labute approximate surface area is 219 Å². The van der Waals surface area contributed by atoms with Gasteiger partial charge in [0.05, 0.1) is 23.0 Å². The quantitative estimate of drug-likeness (QED) is 0.268. The zero-order chi connectivity index (χ0) is 26.1. The average molecular weight is 505 g/mol. The maximum atomic E-state index is 12.7. The van der Waals surface area contributed by atoms with Crippen LogP contribution >= 0.6 is 0 Å². The van der Waals surface area contributed by atoms with Crippen molar-refractivity contribution in [3.63, 3.8) is 0 Å². The fourth-order valence-corrected chi connectivity index (χ4v) is 4.82. The van der Waals surface area contributed by atoms with Crippen LogP contribution in [0.5, 0.6) is 0 Å². The summed E-state index contributed by atoms with van der Waals surface area (Å²) in [5, 5.41) is 11.1. The number of primary amides is 1. The number of aryl methyl sites for hydroxylation is 1. The molecule has 0 saturated heterocycles. The van der Waals surface area contributed by atoms with Gasteiger partial charge in [0.2, 0.25) is 11.8 Å². The number of carbonyl (C=O) groups excluding carboxylic acids is 2. The second kappa shape index (κ2) is 9.97. The first-order valence-electron chi connectivity index (χ1n) is 12.9. The summed E-state index contributed by atoms with van der Waals surface area (Å²) in [6, 6.07) is 21.8. The molecule has 38 heavy (non-hydrogen) atoms. The summed E-state index contributed by atoms with van der Waals surface area (Å²) in [6.45, 7) is 0. The number of H-pyrrole nitrogens is 1. The minimum Gasteiger partial charge on any atom is -0.366 e. The number of nitrogens with two attached hydrogens (primary N) is 1. The molecule has 0 aliphatic heterocycles. The van der Waals surface area contributed by atoms with Crippen molar-refractivity contribution in [3.8, 4) is 28.2 Å². The third-order valence-electron chi connectivity index (χ3n) is 6.87. The second-order valence-electron chi connectivity index (χ2n) is 9.72. The molecule has 190 valence electrons. The van der Waals surface area contributed by atoms with Crippen LogP contribution in [0.25, 0.3) is 39.1 Å². The van der Waals surface area contributed by atoms with E-state index in [0.29, 0.717) is 42.3 Å². The Kier molecular flexibility index (Phi) is 6.21. The first-order chi connectivity index (χ1) is 18.6. The summed E-state index contributed by atoms with van der Waals surface area (Å²) in [5.41, 5.74) is 11.4. The van der Waals surface area contributed by atoms with Crippen LogP contribution in [-0.4, -0.2) is 37.6 Å². The Morgan fingerprint density at radius 3 is 2.68 bits per heavy atom. The first-order valence-corrected chi connectivity index (χ1v) is 12.9. The van der Waals surface area contributed by atoms with E-state index in [1.165, 1.54) is 0 Å². The molecule has 0 bridgehead atoms. The fraction of sp³-hybridized carbons (Fsp3) is 0.200. The third kappa shape index (κ3) is 4.80. The van der Waals surface area contributed by atoms with Gasteiger partial charge in [-0.3, -0.25) is 19.3 Å². The molecule has 1 saturated carbocycles. The number of amides is 2. The highest BCUT2D eigenvalue weighted by molar-refractivity contribution is 6.04. The summed E-state index contributed by atoms with van der Waals surface area (Å²) in [6.07, 6.45) is 7.70. The van der Waals surface area contributed by atoms with Crippen molar-refractivity contribution in [2.24, 2.45) is 5.73 Å².